The fourth-order valence-corrected chi connectivity index (χ4v) is 3.46. The molecule has 2 fully saturated rings. The molecule has 2 aliphatic rings. The van der Waals surface area contributed by atoms with Crippen LogP contribution in [0.4, 0.5) is 0 Å². The third-order valence-corrected chi connectivity index (χ3v) is 4.95. The first-order chi connectivity index (χ1) is 7.74. The maximum atomic E-state index is 5.94. The largest absolute Gasteiger partial charge is 0.328 e. The van der Waals surface area contributed by atoms with E-state index in [1.54, 1.807) is 0 Å². The van der Waals surface area contributed by atoms with Gasteiger partial charge in [-0.3, -0.25) is 0 Å². The molecule has 0 saturated heterocycles. The van der Waals surface area contributed by atoms with Crippen LogP contribution in [0.2, 0.25) is 0 Å². The van der Waals surface area contributed by atoms with Crippen LogP contribution in [0.1, 0.15) is 64.7 Å². The first-order valence-corrected chi connectivity index (χ1v) is 7.23. The lowest BCUT2D eigenvalue weighted by Crippen LogP contribution is -2.42. The van der Waals surface area contributed by atoms with E-state index in [0.717, 1.165) is 6.04 Å². The van der Waals surface area contributed by atoms with E-state index >= 15 is 0 Å². The molecule has 2 saturated carbocycles. The zero-order valence-corrected chi connectivity index (χ0v) is 10.8. The van der Waals surface area contributed by atoms with Crippen LogP contribution in [0.3, 0.4) is 0 Å². The summed E-state index contributed by atoms with van der Waals surface area (Å²) in [6.07, 6.45) is 12.2. The third-order valence-electron chi connectivity index (χ3n) is 4.95. The molecule has 0 aromatic heterocycles. The van der Waals surface area contributed by atoms with Crippen molar-refractivity contribution in [2.24, 2.45) is 11.1 Å². The highest BCUT2D eigenvalue weighted by atomic mass is 14.9. The molecule has 3 N–H and O–H groups in total. The summed E-state index contributed by atoms with van der Waals surface area (Å²) in [5.41, 5.74) is 6.58. The van der Waals surface area contributed by atoms with Crippen molar-refractivity contribution in [2.45, 2.75) is 76.8 Å². The molecule has 2 heteroatoms. The van der Waals surface area contributed by atoms with E-state index in [0.29, 0.717) is 11.5 Å². The van der Waals surface area contributed by atoms with Crippen LogP contribution in [0, 0.1) is 5.41 Å². The summed E-state index contributed by atoms with van der Waals surface area (Å²) in [6, 6.07) is 1.23. The Balaban J connectivity index is 1.73. The van der Waals surface area contributed by atoms with Crippen molar-refractivity contribution in [3.05, 3.63) is 0 Å². The number of nitrogens with two attached hydrogens (primary N) is 1. The van der Waals surface area contributed by atoms with Crippen LogP contribution in [-0.2, 0) is 0 Å². The quantitative estimate of drug-likeness (QED) is 0.770. The summed E-state index contributed by atoms with van der Waals surface area (Å²) >= 11 is 0. The predicted molar refractivity (Wildman–Crippen MR) is 69.4 cm³/mol. The first kappa shape index (κ1) is 12.4. The topological polar surface area (TPSA) is 38.0 Å². The number of nitrogens with one attached hydrogen (secondary N) is 1. The van der Waals surface area contributed by atoms with E-state index < -0.39 is 0 Å². The molecular weight excluding hydrogens is 196 g/mol. The molecule has 2 nitrogen and oxygen atoms in total. The number of rotatable bonds is 4. The van der Waals surface area contributed by atoms with E-state index in [9.17, 15) is 0 Å². The van der Waals surface area contributed by atoms with Gasteiger partial charge in [0.15, 0.2) is 0 Å². The van der Waals surface area contributed by atoms with Crippen LogP contribution in [0.5, 0.6) is 0 Å². The summed E-state index contributed by atoms with van der Waals surface area (Å²) in [5.74, 6) is 0. The molecule has 0 spiro atoms. The van der Waals surface area contributed by atoms with Gasteiger partial charge in [-0.05, 0) is 50.4 Å². The molecule has 0 atom stereocenters. The van der Waals surface area contributed by atoms with Crippen LogP contribution in [-0.4, -0.2) is 18.6 Å². The number of hydrogen-bond donors (Lipinski definition) is 2. The molecule has 0 aromatic carbocycles. The summed E-state index contributed by atoms with van der Waals surface area (Å²) in [4.78, 5) is 0. The van der Waals surface area contributed by atoms with Crippen molar-refractivity contribution in [1.82, 2.24) is 5.32 Å². The maximum Gasteiger partial charge on any atom is 0.00684 e. The molecule has 0 heterocycles. The van der Waals surface area contributed by atoms with Crippen molar-refractivity contribution in [1.29, 1.82) is 0 Å². The van der Waals surface area contributed by atoms with Crippen molar-refractivity contribution < 1.29 is 0 Å². The van der Waals surface area contributed by atoms with Crippen molar-refractivity contribution in [2.75, 3.05) is 6.54 Å². The minimum absolute atomic E-state index is 0.477. The third kappa shape index (κ3) is 2.98. The van der Waals surface area contributed by atoms with Crippen LogP contribution in [0.15, 0.2) is 0 Å². The van der Waals surface area contributed by atoms with E-state index in [2.05, 4.69) is 12.2 Å². The lowest BCUT2D eigenvalue weighted by Gasteiger charge is -2.33. The van der Waals surface area contributed by atoms with Gasteiger partial charge in [-0.1, -0.05) is 19.8 Å². The lowest BCUT2D eigenvalue weighted by atomic mass is 9.82. The summed E-state index contributed by atoms with van der Waals surface area (Å²) in [5, 5.41) is 3.82. The second-order valence-electron chi connectivity index (χ2n) is 6.05. The molecule has 16 heavy (non-hydrogen) atoms. The number of hydrogen-bond acceptors (Lipinski definition) is 2. The minimum atomic E-state index is 0.477. The Hall–Kier alpha value is -0.0800. The van der Waals surface area contributed by atoms with Gasteiger partial charge < -0.3 is 11.1 Å². The fraction of sp³-hybridized carbons (Fsp3) is 1.00. The zero-order valence-electron chi connectivity index (χ0n) is 10.8. The molecule has 2 aliphatic carbocycles. The molecule has 0 bridgehead atoms. The molecule has 0 radical (unpaired) electrons. The fourth-order valence-electron chi connectivity index (χ4n) is 3.46. The van der Waals surface area contributed by atoms with E-state index in [4.69, 9.17) is 5.73 Å². The second-order valence-corrected chi connectivity index (χ2v) is 6.05. The molecule has 0 unspecified atom stereocenters. The Kier molecular flexibility index (Phi) is 4.26. The van der Waals surface area contributed by atoms with Crippen LogP contribution >= 0.6 is 0 Å². The molecule has 0 aromatic rings. The summed E-state index contributed by atoms with van der Waals surface area (Å²) < 4.78 is 0. The van der Waals surface area contributed by atoms with Crippen molar-refractivity contribution in [3.63, 3.8) is 0 Å². The average molecular weight is 224 g/mol. The van der Waals surface area contributed by atoms with Crippen LogP contribution < -0.4 is 11.1 Å². The van der Waals surface area contributed by atoms with Gasteiger partial charge in [0.2, 0.25) is 0 Å². The van der Waals surface area contributed by atoms with Gasteiger partial charge >= 0.3 is 0 Å². The van der Waals surface area contributed by atoms with E-state index in [-0.39, 0.29) is 0 Å². The Morgan fingerprint density at radius 2 is 1.75 bits per heavy atom. The smallest absolute Gasteiger partial charge is 0.00684 e. The van der Waals surface area contributed by atoms with E-state index in [1.165, 1.54) is 64.3 Å². The Bertz CT molecular complexity index is 201. The van der Waals surface area contributed by atoms with E-state index in [1.807, 2.05) is 0 Å². The van der Waals surface area contributed by atoms with Gasteiger partial charge in [0.25, 0.3) is 0 Å². The predicted octanol–water partition coefficient (Wildman–Crippen LogP) is 2.82. The minimum Gasteiger partial charge on any atom is -0.328 e. The van der Waals surface area contributed by atoms with Gasteiger partial charge in [-0.25, -0.2) is 0 Å². The highest BCUT2D eigenvalue weighted by Crippen LogP contribution is 2.40. The molecule has 0 amide bonds. The van der Waals surface area contributed by atoms with Crippen LogP contribution in [0.25, 0.3) is 0 Å². The Morgan fingerprint density at radius 1 is 1.12 bits per heavy atom. The Labute approximate surface area is 100 Å². The second kappa shape index (κ2) is 5.50. The zero-order chi connectivity index (χ0) is 11.4. The highest BCUT2D eigenvalue weighted by Gasteiger charge is 2.32. The van der Waals surface area contributed by atoms with Gasteiger partial charge in [-0.2, -0.15) is 0 Å². The van der Waals surface area contributed by atoms with Gasteiger partial charge in [0.1, 0.15) is 0 Å². The average Bonchev–Trinajstić information content (AvgIpc) is 2.78. The molecule has 2 rings (SSSR count). The van der Waals surface area contributed by atoms with Crippen molar-refractivity contribution >= 4 is 0 Å². The molecule has 0 aliphatic heterocycles. The van der Waals surface area contributed by atoms with Crippen molar-refractivity contribution in [3.8, 4) is 0 Å². The molecular formula is C14H28N2. The highest BCUT2D eigenvalue weighted by molar-refractivity contribution is 4.88. The summed E-state index contributed by atoms with van der Waals surface area (Å²) in [6.45, 7) is 3.62. The molecule has 94 valence electrons. The SMILES string of the molecule is CCC1(CNC2CCC(N)CC2)CCCC1. The first-order valence-electron chi connectivity index (χ1n) is 7.23. The summed E-state index contributed by atoms with van der Waals surface area (Å²) in [7, 11) is 0. The maximum absolute atomic E-state index is 5.94. The standard InChI is InChI=1S/C14H28N2/c1-2-14(9-3-4-10-14)11-16-13-7-5-12(15)6-8-13/h12-13,16H,2-11,15H2,1H3. The van der Waals surface area contributed by atoms with Gasteiger partial charge in [-0.15, -0.1) is 0 Å². The normalized spacial score (nSPS) is 34.1. The monoisotopic (exact) mass is 224 g/mol. The Morgan fingerprint density at radius 3 is 2.31 bits per heavy atom. The van der Waals surface area contributed by atoms with Gasteiger partial charge in [0.05, 0.1) is 0 Å². The van der Waals surface area contributed by atoms with Gasteiger partial charge in [0, 0.05) is 18.6 Å². The lowest BCUT2D eigenvalue weighted by molar-refractivity contribution is 0.236.